The summed E-state index contributed by atoms with van der Waals surface area (Å²) in [6, 6.07) is 0.833. The molecule has 0 bridgehead atoms. The number of anilines is 1. The molecule has 3 aromatic rings. The molecule has 1 fully saturated rings. The number of rotatable bonds is 7. The van der Waals surface area contributed by atoms with Gasteiger partial charge in [-0.25, -0.2) is 9.97 Å². The van der Waals surface area contributed by atoms with Crippen LogP contribution in [0.3, 0.4) is 0 Å². The molecule has 1 saturated heterocycles. The van der Waals surface area contributed by atoms with Gasteiger partial charge in [0.2, 0.25) is 5.95 Å². The van der Waals surface area contributed by atoms with E-state index in [-0.39, 0.29) is 47.6 Å². The molecule has 3 heterocycles. The highest BCUT2D eigenvalue weighted by Crippen LogP contribution is 2.37. The van der Waals surface area contributed by atoms with Gasteiger partial charge in [-0.15, -0.1) is 0 Å². The summed E-state index contributed by atoms with van der Waals surface area (Å²) in [6.45, 7) is 1.75. The van der Waals surface area contributed by atoms with Crippen molar-refractivity contribution < 1.29 is 26.3 Å². The summed E-state index contributed by atoms with van der Waals surface area (Å²) in [5, 5.41) is 12.6. The molecule has 3 N–H and O–H groups in total. The number of aromatic nitrogens is 4. The van der Waals surface area contributed by atoms with Gasteiger partial charge in [-0.05, 0) is 36.6 Å². The van der Waals surface area contributed by atoms with E-state index in [0.717, 1.165) is 11.8 Å². The number of nitrogens with two attached hydrogens (primary N) is 1. The van der Waals surface area contributed by atoms with Gasteiger partial charge in [-0.2, -0.15) is 31.4 Å². The van der Waals surface area contributed by atoms with Crippen LogP contribution in [0.2, 0.25) is 0 Å². The Morgan fingerprint density at radius 1 is 1.07 bits per heavy atom. The molecule has 2 aromatic heterocycles. The summed E-state index contributed by atoms with van der Waals surface area (Å²) in [6.07, 6.45) is -1.48. The first-order chi connectivity index (χ1) is 19.2. The van der Waals surface area contributed by atoms with Crippen LogP contribution in [0.4, 0.5) is 32.3 Å². The Balaban J connectivity index is 1.76. The maximum absolute atomic E-state index is 13.6. The minimum atomic E-state index is -4.99. The van der Waals surface area contributed by atoms with Crippen LogP contribution in [-0.4, -0.2) is 49.1 Å². The zero-order valence-corrected chi connectivity index (χ0v) is 22.8. The highest BCUT2D eigenvalue weighted by Gasteiger charge is 2.39. The lowest BCUT2D eigenvalue weighted by molar-refractivity contribution is -0.143. The van der Waals surface area contributed by atoms with E-state index >= 15 is 0 Å². The van der Waals surface area contributed by atoms with Crippen molar-refractivity contribution in [2.24, 2.45) is 12.8 Å². The first-order valence-corrected chi connectivity index (χ1v) is 12.9. The lowest BCUT2D eigenvalue weighted by Crippen LogP contribution is -2.40. The zero-order chi connectivity index (χ0) is 30.1. The van der Waals surface area contributed by atoms with Gasteiger partial charge in [0.25, 0.3) is 0 Å². The smallest absolute Gasteiger partial charge is 0.403 e. The van der Waals surface area contributed by atoms with Crippen molar-refractivity contribution in [3.63, 3.8) is 0 Å². The van der Waals surface area contributed by atoms with Crippen molar-refractivity contribution in [2.45, 2.75) is 50.7 Å². The molecule has 0 radical (unpaired) electrons. The summed E-state index contributed by atoms with van der Waals surface area (Å²) in [5.74, 6) is 0.0760. The molecule has 2 atom stereocenters. The van der Waals surface area contributed by atoms with E-state index in [1.54, 1.807) is 33.9 Å². The summed E-state index contributed by atoms with van der Waals surface area (Å²) in [5.41, 5.74) is 3.82. The second-order valence-electron chi connectivity index (χ2n) is 9.68. The van der Waals surface area contributed by atoms with Crippen molar-refractivity contribution in [2.75, 3.05) is 11.4 Å². The van der Waals surface area contributed by atoms with E-state index in [2.05, 4.69) is 15.1 Å². The molecule has 0 amide bonds. The first kappa shape index (κ1) is 30.2. The van der Waals surface area contributed by atoms with E-state index in [1.165, 1.54) is 12.4 Å². The topological polar surface area (TPSA) is 100.0 Å². The van der Waals surface area contributed by atoms with E-state index < -0.39 is 29.5 Å². The van der Waals surface area contributed by atoms with Crippen LogP contribution < -0.4 is 10.6 Å². The Morgan fingerprint density at radius 2 is 1.68 bits per heavy atom. The van der Waals surface area contributed by atoms with Crippen LogP contribution in [0.1, 0.15) is 36.5 Å². The monoisotopic (exact) mass is 600 g/mol. The van der Waals surface area contributed by atoms with Gasteiger partial charge in [0, 0.05) is 62.1 Å². The quantitative estimate of drug-likeness (QED) is 0.202. The Morgan fingerprint density at radius 3 is 2.17 bits per heavy atom. The maximum atomic E-state index is 13.6. The number of aryl methyl sites for hydroxylation is 1. The standard InChI is InChI=1S/C26H27ClF6N8/c1-3-20-7-21(14-40(20)23(35)22(27)8-34)41(24-36-9-16(10-37-24)17-11-38-39(2)13-17)12-15-4-18(25(28,29)30)6-19(5-15)26(31,32)33/h4-6,8-11,13,20-21,35H,3,7,12,14,34H2,1-2H3. The molecule has 8 nitrogen and oxygen atoms in total. The third-order valence-corrected chi connectivity index (χ3v) is 7.20. The normalized spacial score (nSPS) is 18.2. The Kier molecular flexibility index (Phi) is 8.52. The van der Waals surface area contributed by atoms with Crippen molar-refractivity contribution in [3.8, 4) is 11.1 Å². The minimum Gasteiger partial charge on any atom is -0.403 e. The molecular formula is C26H27ClF6N8. The second kappa shape index (κ2) is 11.6. The Hall–Kier alpha value is -3.81. The van der Waals surface area contributed by atoms with Gasteiger partial charge < -0.3 is 15.5 Å². The van der Waals surface area contributed by atoms with Crippen LogP contribution in [0, 0.1) is 5.41 Å². The molecule has 1 aliphatic heterocycles. The Labute approximate surface area is 236 Å². The fourth-order valence-electron chi connectivity index (χ4n) is 4.85. The SMILES string of the molecule is CCC1CC(N(Cc2cc(C(F)(F)F)cc(C(F)(F)F)c2)c2ncc(-c3cnn(C)c3)cn2)CN1C(=N)C(Cl)=CN. The number of hydrogen-bond donors (Lipinski definition) is 2. The fraction of sp³-hybridized carbons (Fsp3) is 0.385. The van der Waals surface area contributed by atoms with Gasteiger partial charge in [0.1, 0.15) is 5.84 Å². The number of alkyl halides is 6. The molecule has 1 aliphatic rings. The van der Waals surface area contributed by atoms with Crippen LogP contribution in [-0.2, 0) is 25.9 Å². The van der Waals surface area contributed by atoms with E-state index in [1.807, 2.05) is 6.92 Å². The molecule has 2 unspecified atom stereocenters. The van der Waals surface area contributed by atoms with Gasteiger partial charge in [-0.1, -0.05) is 18.5 Å². The maximum Gasteiger partial charge on any atom is 0.416 e. The molecule has 0 aliphatic carbocycles. The van der Waals surface area contributed by atoms with Crippen molar-refractivity contribution in [3.05, 3.63) is 70.9 Å². The van der Waals surface area contributed by atoms with E-state index in [0.29, 0.717) is 30.5 Å². The largest absolute Gasteiger partial charge is 0.416 e. The average molecular weight is 601 g/mol. The molecule has 4 rings (SSSR count). The van der Waals surface area contributed by atoms with Crippen molar-refractivity contribution in [1.82, 2.24) is 24.6 Å². The summed E-state index contributed by atoms with van der Waals surface area (Å²) >= 11 is 6.10. The number of halogens is 7. The third kappa shape index (κ3) is 6.75. The Bertz CT molecular complexity index is 1380. The van der Waals surface area contributed by atoms with Gasteiger partial charge in [0.15, 0.2) is 0 Å². The lowest BCUT2D eigenvalue weighted by atomic mass is 10.0. The van der Waals surface area contributed by atoms with Gasteiger partial charge >= 0.3 is 12.4 Å². The van der Waals surface area contributed by atoms with Gasteiger partial charge in [-0.3, -0.25) is 10.1 Å². The lowest BCUT2D eigenvalue weighted by Gasteiger charge is -2.30. The minimum absolute atomic E-state index is 0.0143. The molecule has 41 heavy (non-hydrogen) atoms. The number of nitrogens with one attached hydrogen (secondary N) is 1. The summed E-state index contributed by atoms with van der Waals surface area (Å²) in [4.78, 5) is 12.1. The van der Waals surface area contributed by atoms with E-state index in [4.69, 9.17) is 22.7 Å². The molecule has 1 aromatic carbocycles. The predicted molar refractivity (Wildman–Crippen MR) is 142 cm³/mol. The molecular weight excluding hydrogens is 574 g/mol. The number of benzene rings is 1. The fourth-order valence-corrected chi connectivity index (χ4v) is 4.96. The van der Waals surface area contributed by atoms with Crippen LogP contribution >= 0.6 is 11.6 Å². The predicted octanol–water partition coefficient (Wildman–Crippen LogP) is 5.79. The molecule has 220 valence electrons. The zero-order valence-electron chi connectivity index (χ0n) is 22.0. The van der Waals surface area contributed by atoms with Gasteiger partial charge in [0.05, 0.1) is 28.4 Å². The van der Waals surface area contributed by atoms with Crippen molar-refractivity contribution >= 4 is 23.4 Å². The van der Waals surface area contributed by atoms with Crippen LogP contribution in [0.5, 0.6) is 0 Å². The molecule has 0 saturated carbocycles. The number of hydrogen-bond acceptors (Lipinski definition) is 6. The number of nitrogens with zero attached hydrogens (tertiary/aromatic N) is 6. The van der Waals surface area contributed by atoms with E-state index in [9.17, 15) is 26.3 Å². The summed E-state index contributed by atoms with van der Waals surface area (Å²) < 4.78 is 83.1. The van der Waals surface area contributed by atoms with Crippen molar-refractivity contribution in [1.29, 1.82) is 5.41 Å². The first-order valence-electron chi connectivity index (χ1n) is 12.5. The molecule has 0 spiro atoms. The van der Waals surface area contributed by atoms with Crippen LogP contribution in [0.15, 0.2) is 54.2 Å². The third-order valence-electron chi connectivity index (χ3n) is 6.90. The molecule has 15 heteroatoms. The number of likely N-dealkylation sites (tertiary alicyclic amines) is 1. The van der Waals surface area contributed by atoms with Crippen LogP contribution in [0.25, 0.3) is 11.1 Å². The highest BCUT2D eigenvalue weighted by atomic mass is 35.5. The second-order valence-corrected chi connectivity index (χ2v) is 10.1. The number of amidine groups is 1. The average Bonchev–Trinajstić information content (AvgIpc) is 3.56. The highest BCUT2D eigenvalue weighted by molar-refractivity contribution is 6.42. The summed E-state index contributed by atoms with van der Waals surface area (Å²) in [7, 11) is 1.74.